The number of alkyl halides is 1. The largest absolute Gasteiger partial charge is 0.251 e. The van der Waals surface area contributed by atoms with Gasteiger partial charge in [0.05, 0.1) is 18.1 Å². The fourth-order valence-electron chi connectivity index (χ4n) is 2.80. The van der Waals surface area contributed by atoms with Crippen molar-refractivity contribution in [3.8, 4) is 5.82 Å². The summed E-state index contributed by atoms with van der Waals surface area (Å²) >= 11 is 0. The molecule has 4 rings (SSSR count). The lowest BCUT2D eigenvalue weighted by atomic mass is 10.1. The van der Waals surface area contributed by atoms with E-state index in [1.807, 2.05) is 13.0 Å². The van der Waals surface area contributed by atoms with Gasteiger partial charge in [-0.1, -0.05) is 6.92 Å². The molecule has 4 aromatic heterocycles. The predicted octanol–water partition coefficient (Wildman–Crippen LogP) is 2.58. The minimum absolute atomic E-state index is 0.127. The molecule has 4 aromatic rings. The highest BCUT2D eigenvalue weighted by molar-refractivity contribution is 5.39. The molecule has 0 aliphatic heterocycles. The Balaban J connectivity index is 1.61. The van der Waals surface area contributed by atoms with E-state index in [1.165, 1.54) is 23.0 Å². The van der Waals surface area contributed by atoms with Crippen molar-refractivity contribution in [1.29, 1.82) is 0 Å². The third kappa shape index (κ3) is 3.53. The highest BCUT2D eigenvalue weighted by atomic mass is 19.1. The number of rotatable bonds is 6. The average molecular weight is 369 g/mol. The second-order valence-electron chi connectivity index (χ2n) is 6.39. The van der Waals surface area contributed by atoms with Gasteiger partial charge in [0.2, 0.25) is 0 Å². The summed E-state index contributed by atoms with van der Waals surface area (Å²) < 4.78 is 29.8. The molecule has 0 aliphatic rings. The highest BCUT2D eigenvalue weighted by Crippen LogP contribution is 2.15. The summed E-state index contributed by atoms with van der Waals surface area (Å²) in [6.07, 6.45) is 5.58. The van der Waals surface area contributed by atoms with Gasteiger partial charge in [0.25, 0.3) is 0 Å². The van der Waals surface area contributed by atoms with Crippen LogP contribution in [0.3, 0.4) is 0 Å². The molecule has 1 atom stereocenters. The van der Waals surface area contributed by atoms with E-state index in [-0.39, 0.29) is 11.7 Å². The number of nitrogens with zero attached hydrogens (tertiary/aromatic N) is 7. The fourth-order valence-corrected chi connectivity index (χ4v) is 2.80. The molecule has 1 unspecified atom stereocenters. The number of fused-ring (bicyclic) bond motifs is 1. The summed E-state index contributed by atoms with van der Waals surface area (Å²) in [5.74, 6) is 0.149. The molecule has 0 saturated heterocycles. The van der Waals surface area contributed by atoms with Gasteiger partial charge in [-0.3, -0.25) is 4.39 Å². The van der Waals surface area contributed by atoms with Gasteiger partial charge in [0, 0.05) is 31.3 Å². The molecule has 9 heteroatoms. The Bertz CT molecular complexity index is 1070. The molecule has 0 N–H and O–H groups in total. The monoisotopic (exact) mass is 369 g/mol. The minimum atomic E-state index is -0.449. The molecular formula is C18H17F2N7. The van der Waals surface area contributed by atoms with Crippen molar-refractivity contribution in [2.45, 2.75) is 19.8 Å². The van der Waals surface area contributed by atoms with Gasteiger partial charge in [0.1, 0.15) is 6.33 Å². The van der Waals surface area contributed by atoms with E-state index in [1.54, 1.807) is 23.1 Å². The van der Waals surface area contributed by atoms with Crippen molar-refractivity contribution < 1.29 is 8.78 Å². The van der Waals surface area contributed by atoms with Gasteiger partial charge in [0.15, 0.2) is 23.1 Å². The second kappa shape index (κ2) is 7.18. The summed E-state index contributed by atoms with van der Waals surface area (Å²) in [5.41, 5.74) is 2.12. The first kappa shape index (κ1) is 17.2. The summed E-state index contributed by atoms with van der Waals surface area (Å²) in [5, 5.41) is 8.48. The van der Waals surface area contributed by atoms with Crippen molar-refractivity contribution >= 4 is 5.65 Å². The minimum Gasteiger partial charge on any atom is -0.251 e. The Hall–Kier alpha value is -3.23. The fraction of sp³-hybridized carbons (Fsp3) is 0.278. The van der Waals surface area contributed by atoms with Crippen LogP contribution in [0.5, 0.6) is 0 Å². The van der Waals surface area contributed by atoms with E-state index in [9.17, 15) is 8.78 Å². The molecule has 0 aromatic carbocycles. The first-order chi connectivity index (χ1) is 13.1. The first-order valence-corrected chi connectivity index (χ1v) is 8.54. The molecule has 0 spiro atoms. The average Bonchev–Trinajstić information content (AvgIpc) is 3.28. The molecule has 0 radical (unpaired) electrons. The zero-order chi connectivity index (χ0) is 18.8. The molecular weight excluding hydrogens is 352 g/mol. The maximum absolute atomic E-state index is 14.0. The highest BCUT2D eigenvalue weighted by Gasteiger charge is 2.13. The van der Waals surface area contributed by atoms with Crippen LogP contribution >= 0.6 is 0 Å². The maximum Gasteiger partial charge on any atom is 0.189 e. The van der Waals surface area contributed by atoms with Gasteiger partial charge in [-0.2, -0.15) is 5.10 Å². The zero-order valence-corrected chi connectivity index (χ0v) is 14.6. The predicted molar refractivity (Wildman–Crippen MR) is 93.7 cm³/mol. The molecule has 0 aliphatic carbocycles. The van der Waals surface area contributed by atoms with Crippen molar-refractivity contribution in [2.24, 2.45) is 5.92 Å². The third-order valence-electron chi connectivity index (χ3n) is 4.15. The zero-order valence-electron chi connectivity index (χ0n) is 14.6. The number of aromatic nitrogens is 7. The summed E-state index contributed by atoms with van der Waals surface area (Å²) in [6, 6.07) is 6.47. The van der Waals surface area contributed by atoms with Crippen molar-refractivity contribution in [1.82, 2.24) is 34.3 Å². The van der Waals surface area contributed by atoms with E-state index < -0.39 is 12.5 Å². The molecule has 27 heavy (non-hydrogen) atoms. The van der Waals surface area contributed by atoms with Crippen LogP contribution in [0.2, 0.25) is 0 Å². The van der Waals surface area contributed by atoms with E-state index >= 15 is 0 Å². The van der Waals surface area contributed by atoms with E-state index in [2.05, 4.69) is 25.1 Å². The Morgan fingerprint density at radius 1 is 1.19 bits per heavy atom. The molecule has 0 amide bonds. The summed E-state index contributed by atoms with van der Waals surface area (Å²) in [6.45, 7) is 1.40. The Labute approximate surface area is 153 Å². The van der Waals surface area contributed by atoms with Crippen LogP contribution in [0.15, 0.2) is 43.0 Å². The van der Waals surface area contributed by atoms with Crippen LogP contribution < -0.4 is 0 Å². The van der Waals surface area contributed by atoms with Crippen LogP contribution in [-0.2, 0) is 12.8 Å². The lowest BCUT2D eigenvalue weighted by Gasteiger charge is -2.07. The van der Waals surface area contributed by atoms with Crippen LogP contribution in [0, 0.1) is 11.7 Å². The Morgan fingerprint density at radius 3 is 2.89 bits per heavy atom. The Morgan fingerprint density at radius 2 is 2.07 bits per heavy atom. The number of halogens is 2. The normalized spacial score (nSPS) is 12.6. The third-order valence-corrected chi connectivity index (χ3v) is 4.15. The van der Waals surface area contributed by atoms with Crippen LogP contribution in [0.4, 0.5) is 8.78 Å². The van der Waals surface area contributed by atoms with Gasteiger partial charge in [-0.05, 0) is 24.1 Å². The van der Waals surface area contributed by atoms with E-state index in [0.717, 1.165) is 11.4 Å². The molecule has 7 nitrogen and oxygen atoms in total. The summed E-state index contributed by atoms with van der Waals surface area (Å²) in [4.78, 5) is 12.9. The van der Waals surface area contributed by atoms with Crippen molar-refractivity contribution in [2.75, 3.05) is 6.67 Å². The topological polar surface area (TPSA) is 73.8 Å². The van der Waals surface area contributed by atoms with Gasteiger partial charge in [-0.15, -0.1) is 5.10 Å². The molecule has 0 fully saturated rings. The molecule has 138 valence electrons. The second-order valence-corrected chi connectivity index (χ2v) is 6.39. The van der Waals surface area contributed by atoms with Gasteiger partial charge >= 0.3 is 0 Å². The Kier molecular flexibility index (Phi) is 4.57. The molecule has 0 bridgehead atoms. The number of hydrogen-bond donors (Lipinski definition) is 0. The van der Waals surface area contributed by atoms with Crippen molar-refractivity contribution in [3.63, 3.8) is 0 Å². The van der Waals surface area contributed by atoms with Crippen LogP contribution in [0.1, 0.15) is 24.1 Å². The first-order valence-electron chi connectivity index (χ1n) is 8.54. The lowest BCUT2D eigenvalue weighted by Crippen LogP contribution is -2.08. The van der Waals surface area contributed by atoms with E-state index in [4.69, 9.17) is 0 Å². The van der Waals surface area contributed by atoms with Crippen molar-refractivity contribution in [3.05, 3.63) is 66.0 Å². The smallest absolute Gasteiger partial charge is 0.189 e. The van der Waals surface area contributed by atoms with Crippen LogP contribution in [-0.4, -0.2) is 41.0 Å². The maximum atomic E-state index is 14.0. The molecule has 0 saturated carbocycles. The lowest BCUT2D eigenvalue weighted by molar-refractivity contribution is 0.377. The quantitative estimate of drug-likeness (QED) is 0.522. The van der Waals surface area contributed by atoms with Crippen LogP contribution in [0.25, 0.3) is 11.5 Å². The van der Waals surface area contributed by atoms with Gasteiger partial charge < -0.3 is 0 Å². The number of hydrogen-bond acceptors (Lipinski definition) is 5. The summed E-state index contributed by atoms with van der Waals surface area (Å²) in [7, 11) is 0. The SMILES string of the molecule is CC(CF)Cc1nc2cc(Cc3ccnn3-c3ncccc3F)ncn2n1. The van der Waals surface area contributed by atoms with E-state index in [0.29, 0.717) is 24.3 Å². The number of pyridine rings is 1. The standard InChI is InChI=1S/C18H17F2N7/c1-12(10-19)7-16-24-17-9-13(22-11-26(17)25-16)8-14-4-6-23-27(14)18-15(20)3-2-5-21-18/h2-6,9,11-12H,7-8,10H2,1H3. The van der Waals surface area contributed by atoms with Gasteiger partial charge in [-0.25, -0.2) is 28.5 Å². The molecule has 4 heterocycles.